The lowest BCUT2D eigenvalue weighted by molar-refractivity contribution is -0.120. The standard InChI is InChI=1S/C18H18FN5OS/c1-12(17(25)21-11-13-3-5-15(19)6-4-13)26-18-23-22-16(24(18)2)14-7-9-20-10-8-14/h3-10,12H,11H2,1-2H3,(H,21,25)/t12-/m1/s1. The Labute approximate surface area is 154 Å². The number of benzene rings is 1. The van der Waals surface area contributed by atoms with Crippen LogP contribution in [0.2, 0.25) is 0 Å². The van der Waals surface area contributed by atoms with Crippen molar-refractivity contribution in [2.24, 2.45) is 7.05 Å². The first kappa shape index (κ1) is 18.1. The number of thioether (sulfide) groups is 1. The van der Waals surface area contributed by atoms with E-state index in [2.05, 4.69) is 20.5 Å². The third-order valence-electron chi connectivity index (χ3n) is 3.80. The quantitative estimate of drug-likeness (QED) is 0.675. The molecule has 3 aromatic rings. The van der Waals surface area contributed by atoms with Crippen LogP contribution in [0.4, 0.5) is 4.39 Å². The molecule has 0 bridgehead atoms. The molecular weight excluding hydrogens is 353 g/mol. The minimum atomic E-state index is -0.344. The van der Waals surface area contributed by atoms with E-state index in [1.807, 2.05) is 30.7 Å². The van der Waals surface area contributed by atoms with Crippen LogP contribution >= 0.6 is 11.8 Å². The number of carbonyl (C=O) groups is 1. The summed E-state index contributed by atoms with van der Waals surface area (Å²) in [6, 6.07) is 9.77. The second-order valence-corrected chi connectivity index (χ2v) is 7.01. The lowest BCUT2D eigenvalue weighted by atomic mass is 10.2. The molecule has 0 saturated heterocycles. The van der Waals surface area contributed by atoms with Crippen LogP contribution in [0.15, 0.2) is 53.9 Å². The predicted molar refractivity (Wildman–Crippen MR) is 97.8 cm³/mol. The zero-order chi connectivity index (χ0) is 18.5. The molecule has 0 aliphatic heterocycles. The summed E-state index contributed by atoms with van der Waals surface area (Å²) < 4.78 is 14.8. The van der Waals surface area contributed by atoms with Gasteiger partial charge in [-0.1, -0.05) is 23.9 Å². The molecule has 0 fully saturated rings. The van der Waals surface area contributed by atoms with Crippen molar-refractivity contribution >= 4 is 17.7 Å². The summed E-state index contributed by atoms with van der Waals surface area (Å²) in [6.45, 7) is 2.16. The predicted octanol–water partition coefficient (Wildman–Crippen LogP) is 2.81. The van der Waals surface area contributed by atoms with Gasteiger partial charge in [0.1, 0.15) is 5.82 Å². The van der Waals surface area contributed by atoms with E-state index in [1.54, 1.807) is 24.5 Å². The summed E-state index contributed by atoms with van der Waals surface area (Å²) in [5.74, 6) is 0.304. The maximum Gasteiger partial charge on any atom is 0.233 e. The molecule has 134 valence electrons. The van der Waals surface area contributed by atoms with Crippen molar-refractivity contribution in [1.82, 2.24) is 25.1 Å². The van der Waals surface area contributed by atoms with Gasteiger partial charge in [-0.3, -0.25) is 9.78 Å². The molecular formula is C18H18FN5OS. The van der Waals surface area contributed by atoms with Crippen LogP contribution in [0.1, 0.15) is 12.5 Å². The molecule has 0 radical (unpaired) electrons. The fraction of sp³-hybridized carbons (Fsp3) is 0.222. The molecule has 0 unspecified atom stereocenters. The van der Waals surface area contributed by atoms with Crippen LogP contribution in [-0.2, 0) is 18.4 Å². The first-order valence-electron chi connectivity index (χ1n) is 8.03. The average Bonchev–Trinajstić information content (AvgIpc) is 3.02. The number of nitrogens with one attached hydrogen (secondary N) is 1. The molecule has 2 heterocycles. The van der Waals surface area contributed by atoms with E-state index in [-0.39, 0.29) is 17.0 Å². The minimum absolute atomic E-state index is 0.118. The van der Waals surface area contributed by atoms with Gasteiger partial charge in [-0.15, -0.1) is 10.2 Å². The summed E-state index contributed by atoms with van der Waals surface area (Å²) in [7, 11) is 1.86. The van der Waals surface area contributed by atoms with Gasteiger partial charge in [-0.25, -0.2) is 4.39 Å². The SMILES string of the molecule is C[C@@H](Sc1nnc(-c2ccncc2)n1C)C(=O)NCc1ccc(F)cc1. The molecule has 0 aliphatic carbocycles. The Hall–Kier alpha value is -2.74. The van der Waals surface area contributed by atoms with Gasteiger partial charge in [-0.2, -0.15) is 0 Å². The zero-order valence-electron chi connectivity index (χ0n) is 14.4. The van der Waals surface area contributed by atoms with Gasteiger partial charge in [0.15, 0.2) is 11.0 Å². The first-order chi connectivity index (χ1) is 12.5. The van der Waals surface area contributed by atoms with E-state index in [0.717, 1.165) is 11.1 Å². The van der Waals surface area contributed by atoms with Crippen molar-refractivity contribution in [3.05, 3.63) is 60.2 Å². The monoisotopic (exact) mass is 371 g/mol. The van der Waals surface area contributed by atoms with Gasteiger partial charge in [0.05, 0.1) is 5.25 Å². The van der Waals surface area contributed by atoms with Crippen molar-refractivity contribution in [2.45, 2.75) is 23.9 Å². The van der Waals surface area contributed by atoms with Crippen molar-refractivity contribution in [3.63, 3.8) is 0 Å². The molecule has 1 N–H and O–H groups in total. The number of halogens is 1. The van der Waals surface area contributed by atoms with Gasteiger partial charge in [0, 0.05) is 31.5 Å². The van der Waals surface area contributed by atoms with Crippen molar-refractivity contribution in [2.75, 3.05) is 0 Å². The molecule has 3 rings (SSSR count). The van der Waals surface area contributed by atoms with Gasteiger partial charge in [0.2, 0.25) is 5.91 Å². The molecule has 6 nitrogen and oxygen atoms in total. The van der Waals surface area contributed by atoms with Crippen LogP contribution in [-0.4, -0.2) is 30.9 Å². The number of nitrogens with zero attached hydrogens (tertiary/aromatic N) is 4. The highest BCUT2D eigenvalue weighted by molar-refractivity contribution is 8.00. The second kappa shape index (κ2) is 8.09. The molecule has 2 aromatic heterocycles. The number of pyridine rings is 1. The highest BCUT2D eigenvalue weighted by Crippen LogP contribution is 2.25. The van der Waals surface area contributed by atoms with E-state index in [0.29, 0.717) is 17.5 Å². The van der Waals surface area contributed by atoms with Crippen molar-refractivity contribution in [3.8, 4) is 11.4 Å². The summed E-state index contributed by atoms with van der Waals surface area (Å²) >= 11 is 1.33. The van der Waals surface area contributed by atoms with Crippen LogP contribution in [0.3, 0.4) is 0 Å². The van der Waals surface area contributed by atoms with E-state index in [1.165, 1.54) is 23.9 Å². The summed E-state index contributed by atoms with van der Waals surface area (Å²) in [5.41, 5.74) is 1.76. The van der Waals surface area contributed by atoms with Crippen molar-refractivity contribution < 1.29 is 9.18 Å². The summed E-state index contributed by atoms with van der Waals surface area (Å²) in [6.07, 6.45) is 3.39. The molecule has 0 saturated carbocycles. The topological polar surface area (TPSA) is 72.7 Å². The average molecular weight is 371 g/mol. The van der Waals surface area contributed by atoms with Gasteiger partial charge in [0.25, 0.3) is 0 Å². The number of aromatic nitrogens is 4. The summed E-state index contributed by atoms with van der Waals surface area (Å²) in [4.78, 5) is 16.3. The normalized spacial score (nSPS) is 12.0. The lowest BCUT2D eigenvalue weighted by Crippen LogP contribution is -2.30. The Morgan fingerprint density at radius 3 is 2.58 bits per heavy atom. The Morgan fingerprint density at radius 1 is 1.19 bits per heavy atom. The Kier molecular flexibility index (Phi) is 5.62. The molecule has 1 aromatic carbocycles. The molecule has 1 atom stereocenters. The highest BCUT2D eigenvalue weighted by atomic mass is 32.2. The lowest BCUT2D eigenvalue weighted by Gasteiger charge is -2.11. The van der Waals surface area contributed by atoms with Crippen LogP contribution < -0.4 is 5.32 Å². The maximum atomic E-state index is 12.9. The fourth-order valence-corrected chi connectivity index (χ4v) is 3.16. The van der Waals surface area contributed by atoms with E-state index < -0.39 is 0 Å². The highest BCUT2D eigenvalue weighted by Gasteiger charge is 2.19. The first-order valence-corrected chi connectivity index (χ1v) is 8.91. The number of rotatable bonds is 6. The van der Waals surface area contributed by atoms with E-state index in [9.17, 15) is 9.18 Å². The second-order valence-electron chi connectivity index (χ2n) is 5.71. The van der Waals surface area contributed by atoms with Gasteiger partial charge < -0.3 is 9.88 Å². The minimum Gasteiger partial charge on any atom is -0.351 e. The molecule has 0 aliphatic rings. The Morgan fingerprint density at radius 2 is 1.88 bits per heavy atom. The number of amides is 1. The van der Waals surface area contributed by atoms with Crippen LogP contribution in [0.25, 0.3) is 11.4 Å². The Bertz CT molecular complexity index is 882. The fourth-order valence-electron chi connectivity index (χ4n) is 2.32. The molecule has 1 amide bonds. The Balaban J connectivity index is 1.61. The number of hydrogen-bond donors (Lipinski definition) is 1. The summed E-state index contributed by atoms with van der Waals surface area (Å²) in [5, 5.41) is 11.5. The van der Waals surface area contributed by atoms with Crippen molar-refractivity contribution in [1.29, 1.82) is 0 Å². The van der Waals surface area contributed by atoms with Crippen LogP contribution in [0, 0.1) is 5.82 Å². The van der Waals surface area contributed by atoms with E-state index >= 15 is 0 Å². The number of carbonyl (C=O) groups excluding carboxylic acids is 1. The van der Waals surface area contributed by atoms with Gasteiger partial charge >= 0.3 is 0 Å². The zero-order valence-corrected chi connectivity index (χ0v) is 15.2. The third-order valence-corrected chi connectivity index (χ3v) is 4.94. The number of hydrogen-bond acceptors (Lipinski definition) is 5. The molecule has 26 heavy (non-hydrogen) atoms. The molecule has 8 heteroatoms. The third kappa shape index (κ3) is 4.26. The van der Waals surface area contributed by atoms with E-state index in [4.69, 9.17) is 0 Å². The smallest absolute Gasteiger partial charge is 0.233 e. The maximum absolute atomic E-state index is 12.9. The van der Waals surface area contributed by atoms with Gasteiger partial charge in [-0.05, 0) is 36.8 Å². The van der Waals surface area contributed by atoms with Crippen LogP contribution in [0.5, 0.6) is 0 Å². The largest absolute Gasteiger partial charge is 0.351 e. The molecule has 0 spiro atoms.